The lowest BCUT2D eigenvalue weighted by molar-refractivity contribution is 0.0951. The number of hydrogen-bond donors (Lipinski definition) is 2. The molecule has 5 nitrogen and oxygen atoms in total. The van der Waals surface area contributed by atoms with Crippen LogP contribution in [0, 0.1) is 6.92 Å². The van der Waals surface area contributed by atoms with E-state index in [1.54, 1.807) is 10.9 Å². The normalized spacial score (nSPS) is 10.4. The van der Waals surface area contributed by atoms with Crippen molar-refractivity contribution in [1.29, 1.82) is 0 Å². The number of hydrogen-bond acceptors (Lipinski definition) is 3. The van der Waals surface area contributed by atoms with Crippen LogP contribution in [0.25, 0.3) is 0 Å². The maximum Gasteiger partial charge on any atom is 0.252 e. The number of nitrogens with zero attached hydrogens (tertiary/aromatic N) is 2. The molecule has 2 N–H and O–H groups in total. The van der Waals surface area contributed by atoms with Crippen LogP contribution in [0.15, 0.2) is 30.6 Å². The number of halogens is 1. The van der Waals surface area contributed by atoms with E-state index < -0.39 is 0 Å². The number of aromatic hydroxyl groups is 1. The molecule has 1 aromatic heterocycles. The molecule has 0 atom stereocenters. The maximum atomic E-state index is 11.9. The number of benzene rings is 1. The van der Waals surface area contributed by atoms with Gasteiger partial charge in [0.1, 0.15) is 5.75 Å². The molecule has 19 heavy (non-hydrogen) atoms. The highest BCUT2D eigenvalue weighted by atomic mass is 35.5. The van der Waals surface area contributed by atoms with Gasteiger partial charge < -0.3 is 10.4 Å². The van der Waals surface area contributed by atoms with Gasteiger partial charge in [-0.3, -0.25) is 9.48 Å². The van der Waals surface area contributed by atoms with Crippen LogP contribution in [0.3, 0.4) is 0 Å². The summed E-state index contributed by atoms with van der Waals surface area (Å²) in [5.41, 5.74) is 1.33. The second-order valence-corrected chi connectivity index (χ2v) is 4.61. The van der Waals surface area contributed by atoms with Crippen LogP contribution < -0.4 is 5.32 Å². The van der Waals surface area contributed by atoms with E-state index in [0.717, 1.165) is 5.56 Å². The number of rotatable bonds is 4. The van der Waals surface area contributed by atoms with Gasteiger partial charge in [-0.2, -0.15) is 5.10 Å². The van der Waals surface area contributed by atoms with Crippen molar-refractivity contribution >= 4 is 17.5 Å². The van der Waals surface area contributed by atoms with Gasteiger partial charge in [0.05, 0.1) is 23.3 Å². The summed E-state index contributed by atoms with van der Waals surface area (Å²) < 4.78 is 1.75. The van der Waals surface area contributed by atoms with E-state index in [1.807, 2.05) is 13.1 Å². The Morgan fingerprint density at radius 3 is 3.00 bits per heavy atom. The summed E-state index contributed by atoms with van der Waals surface area (Å²) in [6, 6.07) is 4.27. The number of phenols is 1. The molecule has 6 heteroatoms. The molecule has 0 aliphatic carbocycles. The van der Waals surface area contributed by atoms with Gasteiger partial charge in [-0.15, -0.1) is 0 Å². The predicted octanol–water partition coefficient (Wildman–Crippen LogP) is 1.98. The Morgan fingerprint density at radius 2 is 2.32 bits per heavy atom. The van der Waals surface area contributed by atoms with Crippen molar-refractivity contribution in [3.05, 3.63) is 46.7 Å². The molecular formula is C13H14ClN3O2. The third-order valence-corrected chi connectivity index (χ3v) is 2.91. The van der Waals surface area contributed by atoms with Crippen LogP contribution >= 0.6 is 11.6 Å². The summed E-state index contributed by atoms with van der Waals surface area (Å²) in [6.07, 6.45) is 3.65. The van der Waals surface area contributed by atoms with Crippen LogP contribution in [-0.2, 0) is 6.54 Å². The van der Waals surface area contributed by atoms with Crippen LogP contribution in [0.1, 0.15) is 15.9 Å². The zero-order valence-corrected chi connectivity index (χ0v) is 11.2. The molecule has 0 aliphatic heterocycles. The first kappa shape index (κ1) is 13.4. The first-order valence-electron chi connectivity index (χ1n) is 5.82. The highest BCUT2D eigenvalue weighted by Gasteiger charge is 2.10. The summed E-state index contributed by atoms with van der Waals surface area (Å²) in [7, 11) is 0. The minimum absolute atomic E-state index is 0.0113. The van der Waals surface area contributed by atoms with Crippen molar-refractivity contribution in [2.24, 2.45) is 0 Å². The summed E-state index contributed by atoms with van der Waals surface area (Å²) in [5.74, 6) is -0.304. The lowest BCUT2D eigenvalue weighted by Gasteiger charge is -2.07. The van der Waals surface area contributed by atoms with Crippen molar-refractivity contribution in [2.45, 2.75) is 13.5 Å². The molecule has 100 valence electrons. The number of carbonyl (C=O) groups is 1. The van der Waals surface area contributed by atoms with E-state index in [2.05, 4.69) is 10.4 Å². The monoisotopic (exact) mass is 279 g/mol. The third kappa shape index (κ3) is 3.48. The topological polar surface area (TPSA) is 67.2 Å². The molecule has 1 heterocycles. The molecule has 0 unspecified atom stereocenters. The fourth-order valence-corrected chi connectivity index (χ4v) is 1.86. The summed E-state index contributed by atoms with van der Waals surface area (Å²) >= 11 is 5.90. The number of phenolic OH excluding ortho intramolecular Hbond substituents is 1. The molecule has 0 aliphatic rings. The van der Waals surface area contributed by atoms with Gasteiger partial charge in [-0.1, -0.05) is 11.6 Å². The molecule has 0 saturated heterocycles. The van der Waals surface area contributed by atoms with Crippen LogP contribution in [0.5, 0.6) is 5.75 Å². The molecule has 0 spiro atoms. The molecule has 0 radical (unpaired) electrons. The largest absolute Gasteiger partial charge is 0.508 e. The van der Waals surface area contributed by atoms with Gasteiger partial charge in [0.25, 0.3) is 5.91 Å². The van der Waals surface area contributed by atoms with Gasteiger partial charge in [0.2, 0.25) is 0 Å². The second kappa shape index (κ2) is 5.75. The number of aromatic nitrogens is 2. The molecule has 0 saturated carbocycles. The fourth-order valence-electron chi connectivity index (χ4n) is 1.66. The molecule has 1 aromatic carbocycles. The fraction of sp³-hybridized carbons (Fsp3) is 0.231. The van der Waals surface area contributed by atoms with Crippen molar-refractivity contribution in [2.75, 3.05) is 6.54 Å². The number of amides is 1. The average molecular weight is 280 g/mol. The first-order valence-corrected chi connectivity index (χ1v) is 6.20. The first-order chi connectivity index (χ1) is 9.06. The smallest absolute Gasteiger partial charge is 0.252 e. The Labute approximate surface area is 115 Å². The van der Waals surface area contributed by atoms with Gasteiger partial charge in [0, 0.05) is 12.7 Å². The van der Waals surface area contributed by atoms with Crippen molar-refractivity contribution in [3.63, 3.8) is 0 Å². The minimum atomic E-state index is -0.315. The van der Waals surface area contributed by atoms with E-state index in [-0.39, 0.29) is 17.2 Å². The highest BCUT2D eigenvalue weighted by molar-refractivity contribution is 6.33. The lowest BCUT2D eigenvalue weighted by Crippen LogP contribution is -2.27. The Balaban J connectivity index is 1.92. The predicted molar refractivity (Wildman–Crippen MR) is 72.4 cm³/mol. The zero-order chi connectivity index (χ0) is 13.8. The van der Waals surface area contributed by atoms with Crippen molar-refractivity contribution < 1.29 is 9.90 Å². The quantitative estimate of drug-likeness (QED) is 0.899. The molecule has 1 amide bonds. The number of nitrogens with one attached hydrogen (secondary N) is 1. The van der Waals surface area contributed by atoms with Crippen molar-refractivity contribution in [3.8, 4) is 5.75 Å². The number of aryl methyl sites for hydroxylation is 1. The molecule has 0 bridgehead atoms. The van der Waals surface area contributed by atoms with E-state index in [9.17, 15) is 9.90 Å². The van der Waals surface area contributed by atoms with E-state index in [4.69, 9.17) is 11.6 Å². The van der Waals surface area contributed by atoms with Gasteiger partial charge >= 0.3 is 0 Å². The summed E-state index contributed by atoms with van der Waals surface area (Å²) in [5, 5.41) is 16.5. The van der Waals surface area contributed by atoms with Gasteiger partial charge in [-0.25, -0.2) is 0 Å². The molecular weight excluding hydrogens is 266 g/mol. The number of carbonyl (C=O) groups excluding carboxylic acids is 1. The highest BCUT2D eigenvalue weighted by Crippen LogP contribution is 2.20. The standard InChI is InChI=1S/C13H14ClN3O2/c1-9-7-16-17(8-9)5-4-15-13(19)11-6-10(18)2-3-12(11)14/h2-3,6-8,18H,4-5H2,1H3,(H,15,19). The van der Waals surface area contributed by atoms with Crippen LogP contribution in [0.4, 0.5) is 0 Å². The van der Waals surface area contributed by atoms with Gasteiger partial charge in [-0.05, 0) is 30.7 Å². The van der Waals surface area contributed by atoms with E-state index in [0.29, 0.717) is 18.1 Å². The second-order valence-electron chi connectivity index (χ2n) is 4.20. The summed E-state index contributed by atoms with van der Waals surface area (Å²) in [6.45, 7) is 2.97. The van der Waals surface area contributed by atoms with Crippen LogP contribution in [0.2, 0.25) is 5.02 Å². The zero-order valence-electron chi connectivity index (χ0n) is 10.4. The molecule has 2 rings (SSSR count). The van der Waals surface area contributed by atoms with E-state index >= 15 is 0 Å². The Morgan fingerprint density at radius 1 is 1.53 bits per heavy atom. The Bertz CT molecular complexity index is 595. The summed E-state index contributed by atoms with van der Waals surface area (Å²) in [4.78, 5) is 11.9. The Kier molecular flexibility index (Phi) is 4.06. The lowest BCUT2D eigenvalue weighted by atomic mass is 10.2. The maximum absolute atomic E-state index is 11.9. The van der Waals surface area contributed by atoms with Gasteiger partial charge in [0.15, 0.2) is 0 Å². The molecule has 2 aromatic rings. The van der Waals surface area contributed by atoms with E-state index in [1.165, 1.54) is 18.2 Å². The van der Waals surface area contributed by atoms with Crippen molar-refractivity contribution in [1.82, 2.24) is 15.1 Å². The Hall–Kier alpha value is -2.01. The van der Waals surface area contributed by atoms with Crippen LogP contribution in [-0.4, -0.2) is 27.3 Å². The average Bonchev–Trinajstić information content (AvgIpc) is 2.78. The molecule has 0 fully saturated rings. The third-order valence-electron chi connectivity index (χ3n) is 2.58. The minimum Gasteiger partial charge on any atom is -0.508 e. The SMILES string of the molecule is Cc1cnn(CCNC(=O)c2cc(O)ccc2Cl)c1.